The van der Waals surface area contributed by atoms with Crippen LogP contribution in [0.3, 0.4) is 0 Å². The van der Waals surface area contributed by atoms with Crippen LogP contribution >= 0.6 is 35.6 Å². The van der Waals surface area contributed by atoms with Crippen molar-refractivity contribution in [1.82, 2.24) is 0 Å². The standard InChI is InChI=1S/C11H11Cl2F2NO2.ClH/c1-2-18-10(17)11(14,15)9(16)7-5-6(12)3-4-8(7)13;/h3-5,9H,2,16H2,1H3;1H/t9-;/m1./s1. The van der Waals surface area contributed by atoms with Crippen LogP contribution in [-0.2, 0) is 9.53 Å². The van der Waals surface area contributed by atoms with E-state index >= 15 is 0 Å². The summed E-state index contributed by atoms with van der Waals surface area (Å²) in [4.78, 5) is 11.1. The highest BCUT2D eigenvalue weighted by atomic mass is 35.5. The third-order valence-electron chi connectivity index (χ3n) is 2.23. The van der Waals surface area contributed by atoms with Crippen LogP contribution in [0.5, 0.6) is 0 Å². The maximum absolute atomic E-state index is 13.7. The van der Waals surface area contributed by atoms with Crippen molar-refractivity contribution in [3.8, 4) is 0 Å². The molecule has 0 unspecified atom stereocenters. The number of hydrogen-bond acceptors (Lipinski definition) is 3. The van der Waals surface area contributed by atoms with E-state index in [1.807, 2.05) is 0 Å². The molecule has 0 aromatic heterocycles. The van der Waals surface area contributed by atoms with E-state index in [0.29, 0.717) is 0 Å². The predicted octanol–water partition coefficient (Wildman–Crippen LogP) is 3.61. The maximum Gasteiger partial charge on any atom is 0.379 e. The summed E-state index contributed by atoms with van der Waals surface area (Å²) in [5.74, 6) is -5.56. The molecule has 1 atom stereocenters. The number of nitrogens with two attached hydrogens (primary N) is 1. The zero-order chi connectivity index (χ0) is 13.9. The largest absolute Gasteiger partial charge is 0.462 e. The Morgan fingerprint density at radius 2 is 2.05 bits per heavy atom. The molecule has 0 heterocycles. The lowest BCUT2D eigenvalue weighted by Gasteiger charge is -2.22. The van der Waals surface area contributed by atoms with E-state index in [1.54, 1.807) is 0 Å². The Kier molecular flexibility index (Phi) is 7.00. The highest BCUT2D eigenvalue weighted by molar-refractivity contribution is 6.33. The molecule has 1 aromatic carbocycles. The fraction of sp³-hybridized carbons (Fsp3) is 0.364. The number of esters is 1. The van der Waals surface area contributed by atoms with Crippen LogP contribution in [0.25, 0.3) is 0 Å². The molecule has 108 valence electrons. The third-order valence-corrected chi connectivity index (χ3v) is 2.81. The predicted molar refractivity (Wildman–Crippen MR) is 72.2 cm³/mol. The molecule has 0 spiro atoms. The van der Waals surface area contributed by atoms with Gasteiger partial charge in [0.15, 0.2) is 0 Å². The van der Waals surface area contributed by atoms with Crippen LogP contribution in [0.4, 0.5) is 8.78 Å². The molecule has 0 amide bonds. The molecular weight excluding hydrogens is 322 g/mol. The van der Waals surface area contributed by atoms with Crippen LogP contribution in [0.2, 0.25) is 10.0 Å². The van der Waals surface area contributed by atoms with Crippen molar-refractivity contribution in [1.29, 1.82) is 0 Å². The molecule has 1 rings (SSSR count). The summed E-state index contributed by atoms with van der Waals surface area (Å²) in [6.45, 7) is 1.26. The fourth-order valence-corrected chi connectivity index (χ4v) is 1.72. The quantitative estimate of drug-likeness (QED) is 0.856. The molecular formula is C11H12Cl3F2NO2. The summed E-state index contributed by atoms with van der Waals surface area (Å²) in [6, 6.07) is 2.05. The average molecular weight is 335 g/mol. The van der Waals surface area contributed by atoms with E-state index in [4.69, 9.17) is 28.9 Å². The lowest BCUT2D eigenvalue weighted by molar-refractivity contribution is -0.174. The van der Waals surface area contributed by atoms with Crippen LogP contribution in [0.1, 0.15) is 18.5 Å². The minimum atomic E-state index is -3.87. The van der Waals surface area contributed by atoms with Gasteiger partial charge in [0.1, 0.15) is 6.04 Å². The van der Waals surface area contributed by atoms with Crippen LogP contribution in [0.15, 0.2) is 18.2 Å². The van der Waals surface area contributed by atoms with E-state index in [9.17, 15) is 13.6 Å². The lowest BCUT2D eigenvalue weighted by Crippen LogP contribution is -2.41. The Bertz CT molecular complexity index is 458. The maximum atomic E-state index is 13.7. The van der Waals surface area contributed by atoms with Gasteiger partial charge in [-0.1, -0.05) is 23.2 Å². The van der Waals surface area contributed by atoms with E-state index in [2.05, 4.69) is 4.74 Å². The first-order valence-corrected chi connectivity index (χ1v) is 5.81. The number of alkyl halides is 2. The highest BCUT2D eigenvalue weighted by Crippen LogP contribution is 2.35. The first kappa shape index (κ1) is 18.4. The molecule has 0 aliphatic carbocycles. The zero-order valence-corrected chi connectivity index (χ0v) is 12.2. The first-order chi connectivity index (χ1) is 8.30. The summed E-state index contributed by atoms with van der Waals surface area (Å²) in [6.07, 6.45) is 0. The Labute approximate surface area is 125 Å². The van der Waals surface area contributed by atoms with Gasteiger partial charge in [-0.2, -0.15) is 8.78 Å². The molecule has 8 heteroatoms. The Balaban J connectivity index is 0.00000324. The second-order valence-corrected chi connectivity index (χ2v) is 4.33. The number of ether oxygens (including phenoxy) is 1. The molecule has 0 aliphatic rings. The van der Waals surface area contributed by atoms with Gasteiger partial charge in [0, 0.05) is 10.0 Å². The van der Waals surface area contributed by atoms with Gasteiger partial charge in [0.2, 0.25) is 0 Å². The smallest absolute Gasteiger partial charge is 0.379 e. The molecule has 0 fully saturated rings. The number of benzene rings is 1. The summed E-state index contributed by atoms with van der Waals surface area (Å²) in [5.41, 5.74) is 5.27. The molecule has 0 saturated carbocycles. The van der Waals surface area contributed by atoms with Gasteiger partial charge < -0.3 is 10.5 Å². The highest BCUT2D eigenvalue weighted by Gasteiger charge is 2.48. The Hall–Kier alpha value is -0.620. The fourth-order valence-electron chi connectivity index (χ4n) is 1.30. The van der Waals surface area contributed by atoms with E-state index in [-0.39, 0.29) is 34.6 Å². The molecule has 0 saturated heterocycles. The van der Waals surface area contributed by atoms with E-state index < -0.39 is 17.9 Å². The Morgan fingerprint density at radius 3 is 2.58 bits per heavy atom. The van der Waals surface area contributed by atoms with Crippen LogP contribution < -0.4 is 5.73 Å². The van der Waals surface area contributed by atoms with Crippen molar-refractivity contribution in [2.45, 2.75) is 18.9 Å². The van der Waals surface area contributed by atoms with Crippen molar-refractivity contribution in [2.75, 3.05) is 6.61 Å². The van der Waals surface area contributed by atoms with Gasteiger partial charge >= 0.3 is 11.9 Å². The van der Waals surface area contributed by atoms with Gasteiger partial charge in [-0.25, -0.2) is 4.79 Å². The molecule has 0 radical (unpaired) electrons. The normalized spacial score (nSPS) is 12.5. The number of hydrogen-bond donors (Lipinski definition) is 1. The number of carbonyl (C=O) groups excluding carboxylic acids is 1. The van der Waals surface area contributed by atoms with Crippen molar-refractivity contribution in [3.63, 3.8) is 0 Å². The number of halogens is 5. The summed E-state index contributed by atoms with van der Waals surface area (Å²) in [7, 11) is 0. The van der Waals surface area contributed by atoms with Crippen LogP contribution in [-0.4, -0.2) is 18.5 Å². The third kappa shape index (κ3) is 4.18. The molecule has 1 aromatic rings. The van der Waals surface area contributed by atoms with Gasteiger partial charge in [-0.05, 0) is 30.7 Å². The second-order valence-electron chi connectivity index (χ2n) is 3.49. The van der Waals surface area contributed by atoms with E-state index in [0.717, 1.165) is 0 Å². The molecule has 3 nitrogen and oxygen atoms in total. The molecule has 0 aliphatic heterocycles. The summed E-state index contributed by atoms with van der Waals surface area (Å²) < 4.78 is 31.7. The van der Waals surface area contributed by atoms with Crippen molar-refractivity contribution in [3.05, 3.63) is 33.8 Å². The van der Waals surface area contributed by atoms with Crippen molar-refractivity contribution in [2.24, 2.45) is 5.73 Å². The zero-order valence-electron chi connectivity index (χ0n) is 9.83. The SMILES string of the molecule is CCOC(=O)C(F)(F)[C@H](N)c1cc(Cl)ccc1Cl.Cl. The van der Waals surface area contributed by atoms with Crippen molar-refractivity contribution < 1.29 is 18.3 Å². The summed E-state index contributed by atoms with van der Waals surface area (Å²) in [5, 5.41) is 0.209. The minimum Gasteiger partial charge on any atom is -0.462 e. The summed E-state index contributed by atoms with van der Waals surface area (Å²) >= 11 is 11.4. The first-order valence-electron chi connectivity index (χ1n) is 5.06. The molecule has 2 N–H and O–H groups in total. The Morgan fingerprint density at radius 1 is 1.47 bits per heavy atom. The van der Waals surface area contributed by atoms with Gasteiger partial charge in [-0.15, -0.1) is 12.4 Å². The second kappa shape index (κ2) is 7.24. The van der Waals surface area contributed by atoms with Crippen LogP contribution in [0, 0.1) is 0 Å². The average Bonchev–Trinajstić information content (AvgIpc) is 2.31. The topological polar surface area (TPSA) is 52.3 Å². The molecule has 19 heavy (non-hydrogen) atoms. The lowest BCUT2D eigenvalue weighted by atomic mass is 10.0. The monoisotopic (exact) mass is 333 g/mol. The van der Waals surface area contributed by atoms with Gasteiger partial charge in [0.05, 0.1) is 6.61 Å². The molecule has 0 bridgehead atoms. The van der Waals surface area contributed by atoms with Gasteiger partial charge in [-0.3, -0.25) is 0 Å². The van der Waals surface area contributed by atoms with Crippen molar-refractivity contribution >= 4 is 41.6 Å². The van der Waals surface area contributed by atoms with Gasteiger partial charge in [0.25, 0.3) is 0 Å². The van der Waals surface area contributed by atoms with E-state index in [1.165, 1.54) is 25.1 Å². The number of rotatable bonds is 4. The number of carbonyl (C=O) groups is 1. The minimum absolute atomic E-state index is 0.